The molecule has 106 valence electrons. The molecule has 0 saturated carbocycles. The van der Waals surface area contributed by atoms with Crippen molar-refractivity contribution in [1.29, 1.82) is 0 Å². The first kappa shape index (κ1) is 15.9. The van der Waals surface area contributed by atoms with E-state index in [0.717, 1.165) is 6.26 Å². The second-order valence-corrected chi connectivity index (χ2v) is 7.15. The lowest BCUT2D eigenvalue weighted by atomic mass is 10.1. The fraction of sp³-hybridized carbons (Fsp3) is 0.417. The summed E-state index contributed by atoms with van der Waals surface area (Å²) in [5.41, 5.74) is 0.598. The highest BCUT2D eigenvalue weighted by molar-refractivity contribution is 7.92. The van der Waals surface area contributed by atoms with Crippen LogP contribution in [0.5, 0.6) is 0 Å². The number of carbonyl (C=O) groups excluding carboxylic acids is 1. The minimum atomic E-state index is -3.44. The first-order valence-corrected chi connectivity index (χ1v) is 7.90. The van der Waals surface area contributed by atoms with Gasteiger partial charge >= 0.3 is 0 Å². The summed E-state index contributed by atoms with van der Waals surface area (Å²) in [5, 5.41) is 1.37. The van der Waals surface area contributed by atoms with E-state index in [9.17, 15) is 17.6 Å². The zero-order valence-electron chi connectivity index (χ0n) is 10.8. The van der Waals surface area contributed by atoms with Gasteiger partial charge in [0.15, 0.2) is 9.84 Å². The van der Waals surface area contributed by atoms with Gasteiger partial charge in [-0.1, -0.05) is 17.7 Å². The lowest BCUT2D eigenvalue weighted by molar-refractivity contribution is -0.121. The molecule has 1 amide bonds. The smallest absolute Gasteiger partial charge is 0.238 e. The molecule has 0 aliphatic rings. The molecule has 0 saturated heterocycles. The maximum Gasteiger partial charge on any atom is 0.238 e. The number of rotatable bonds is 4. The summed E-state index contributed by atoms with van der Waals surface area (Å²) in [5.74, 6) is -1.15. The fourth-order valence-corrected chi connectivity index (χ4v) is 2.04. The molecular formula is C12H15ClFNO3S. The molecule has 0 unspecified atom stereocenters. The topological polar surface area (TPSA) is 63.2 Å². The van der Waals surface area contributed by atoms with E-state index in [-0.39, 0.29) is 5.02 Å². The van der Waals surface area contributed by atoms with E-state index >= 15 is 0 Å². The van der Waals surface area contributed by atoms with Gasteiger partial charge in [0.05, 0.1) is 11.1 Å². The standard InChI is InChI=1S/C12H15ClFNO3S/c1-7(9-4-5-11(14)10(13)6-9)15-12(16)8(2)19(3,17)18/h4-8H,1-3H3,(H,15,16)/t7-,8-/m0/s1. The maximum atomic E-state index is 13.0. The van der Waals surface area contributed by atoms with Gasteiger partial charge in [0.25, 0.3) is 0 Å². The van der Waals surface area contributed by atoms with Gasteiger partial charge in [-0.05, 0) is 31.5 Å². The number of hydrogen-bond acceptors (Lipinski definition) is 3. The van der Waals surface area contributed by atoms with Crippen molar-refractivity contribution in [3.8, 4) is 0 Å². The Morgan fingerprint density at radius 3 is 2.42 bits per heavy atom. The molecule has 0 fully saturated rings. The van der Waals surface area contributed by atoms with Crippen LogP contribution in [0.1, 0.15) is 25.5 Å². The van der Waals surface area contributed by atoms with Gasteiger partial charge in [-0.25, -0.2) is 12.8 Å². The van der Waals surface area contributed by atoms with Crippen LogP contribution in [-0.2, 0) is 14.6 Å². The Labute approximate surface area is 116 Å². The van der Waals surface area contributed by atoms with E-state index in [0.29, 0.717) is 5.56 Å². The Bertz CT molecular complexity index is 589. The van der Waals surface area contributed by atoms with Gasteiger partial charge in [-0.15, -0.1) is 0 Å². The summed E-state index contributed by atoms with van der Waals surface area (Å²) in [7, 11) is -3.44. The van der Waals surface area contributed by atoms with E-state index in [2.05, 4.69) is 5.32 Å². The van der Waals surface area contributed by atoms with Crippen molar-refractivity contribution < 1.29 is 17.6 Å². The quantitative estimate of drug-likeness (QED) is 0.926. The van der Waals surface area contributed by atoms with Gasteiger partial charge in [-0.3, -0.25) is 4.79 Å². The first-order chi connectivity index (χ1) is 8.62. The zero-order valence-corrected chi connectivity index (χ0v) is 12.3. The largest absolute Gasteiger partial charge is 0.348 e. The second kappa shape index (κ2) is 5.88. The van der Waals surface area contributed by atoms with Crippen molar-refractivity contribution in [3.63, 3.8) is 0 Å². The summed E-state index contributed by atoms with van der Waals surface area (Å²) in [6, 6.07) is 3.61. The molecule has 0 aliphatic carbocycles. The number of sulfone groups is 1. The van der Waals surface area contributed by atoms with Crippen LogP contribution in [0.3, 0.4) is 0 Å². The highest BCUT2D eigenvalue weighted by Crippen LogP contribution is 2.20. The first-order valence-electron chi connectivity index (χ1n) is 5.57. The van der Waals surface area contributed by atoms with E-state index in [4.69, 9.17) is 11.6 Å². The van der Waals surface area contributed by atoms with Crippen molar-refractivity contribution in [3.05, 3.63) is 34.6 Å². The van der Waals surface area contributed by atoms with Gasteiger partial charge in [-0.2, -0.15) is 0 Å². The number of benzene rings is 1. The summed E-state index contributed by atoms with van der Waals surface area (Å²) in [6.07, 6.45) is 0.997. The minimum absolute atomic E-state index is 0.0465. The predicted molar refractivity (Wildman–Crippen MR) is 72.3 cm³/mol. The molecule has 1 N–H and O–H groups in total. The molecule has 1 aromatic rings. The lowest BCUT2D eigenvalue weighted by Crippen LogP contribution is -2.38. The van der Waals surface area contributed by atoms with Crippen molar-refractivity contribution in [2.75, 3.05) is 6.26 Å². The van der Waals surface area contributed by atoms with Crippen LogP contribution in [0.2, 0.25) is 5.02 Å². The molecule has 0 spiro atoms. The van der Waals surface area contributed by atoms with Crippen molar-refractivity contribution >= 4 is 27.3 Å². The molecule has 0 radical (unpaired) electrons. The Morgan fingerprint density at radius 2 is 1.95 bits per heavy atom. The van der Waals surface area contributed by atoms with Crippen LogP contribution >= 0.6 is 11.6 Å². The van der Waals surface area contributed by atoms with Crippen molar-refractivity contribution in [1.82, 2.24) is 5.32 Å². The Hall–Kier alpha value is -1.14. The minimum Gasteiger partial charge on any atom is -0.348 e. The highest BCUT2D eigenvalue weighted by atomic mass is 35.5. The number of nitrogens with one attached hydrogen (secondary N) is 1. The van der Waals surface area contributed by atoms with Gasteiger partial charge < -0.3 is 5.32 Å². The molecule has 4 nitrogen and oxygen atoms in total. The molecule has 2 atom stereocenters. The van der Waals surface area contributed by atoms with E-state index in [1.807, 2.05) is 0 Å². The molecular weight excluding hydrogens is 293 g/mol. The molecule has 0 aromatic heterocycles. The molecule has 1 aromatic carbocycles. The lowest BCUT2D eigenvalue weighted by Gasteiger charge is -2.17. The normalized spacial score (nSPS) is 14.8. The van der Waals surface area contributed by atoms with Crippen molar-refractivity contribution in [2.45, 2.75) is 25.1 Å². The Morgan fingerprint density at radius 1 is 1.37 bits per heavy atom. The maximum absolute atomic E-state index is 13.0. The van der Waals surface area contributed by atoms with E-state index in [1.54, 1.807) is 6.92 Å². The third-order valence-corrected chi connectivity index (χ3v) is 4.60. The van der Waals surface area contributed by atoms with Gasteiger partial charge in [0.2, 0.25) is 5.91 Å². The third kappa shape index (κ3) is 4.18. The predicted octanol–water partition coefficient (Wildman–Crippen LogP) is 2.09. The zero-order chi connectivity index (χ0) is 14.8. The van der Waals surface area contributed by atoms with Crippen LogP contribution in [0.4, 0.5) is 4.39 Å². The summed E-state index contributed by atoms with van der Waals surface area (Å²) < 4.78 is 35.5. The van der Waals surface area contributed by atoms with Crippen LogP contribution in [0.25, 0.3) is 0 Å². The average molecular weight is 308 g/mol. The molecule has 1 rings (SSSR count). The van der Waals surface area contributed by atoms with Gasteiger partial charge in [0, 0.05) is 6.26 Å². The number of hydrogen-bond donors (Lipinski definition) is 1. The van der Waals surface area contributed by atoms with Crippen molar-refractivity contribution in [2.24, 2.45) is 0 Å². The molecule has 0 heterocycles. The Balaban J connectivity index is 2.82. The summed E-state index contributed by atoms with van der Waals surface area (Å²) in [6.45, 7) is 2.98. The molecule has 0 aliphatic heterocycles. The summed E-state index contributed by atoms with van der Waals surface area (Å²) >= 11 is 5.65. The fourth-order valence-electron chi connectivity index (χ4n) is 1.39. The monoisotopic (exact) mass is 307 g/mol. The van der Waals surface area contributed by atoms with Gasteiger partial charge in [0.1, 0.15) is 11.1 Å². The van der Waals surface area contributed by atoms with E-state index < -0.39 is 32.9 Å². The second-order valence-electron chi connectivity index (χ2n) is 4.38. The molecule has 19 heavy (non-hydrogen) atoms. The molecule has 0 bridgehead atoms. The summed E-state index contributed by atoms with van der Waals surface area (Å²) in [4.78, 5) is 11.7. The van der Waals surface area contributed by atoms with Crippen LogP contribution in [-0.4, -0.2) is 25.8 Å². The van der Waals surface area contributed by atoms with Crippen LogP contribution in [0.15, 0.2) is 18.2 Å². The third-order valence-electron chi connectivity index (χ3n) is 2.81. The number of amides is 1. The van der Waals surface area contributed by atoms with Crippen LogP contribution in [0, 0.1) is 5.82 Å². The molecule has 7 heteroatoms. The number of carbonyl (C=O) groups is 1. The SMILES string of the molecule is C[C@H](NC(=O)[C@H](C)S(C)(=O)=O)c1ccc(F)c(Cl)c1. The van der Waals surface area contributed by atoms with E-state index in [1.165, 1.54) is 25.1 Å². The highest BCUT2D eigenvalue weighted by Gasteiger charge is 2.24. The van der Waals surface area contributed by atoms with Crippen LogP contribution < -0.4 is 5.32 Å². The Kier molecular flexibility index (Phi) is 4.92. The average Bonchev–Trinajstić information content (AvgIpc) is 2.30. The number of halogens is 2.